The fraction of sp³-hybridized carbons (Fsp3) is 0.536. The number of nitrogens with zero attached hydrogens (tertiary/aromatic N) is 3. The zero-order chi connectivity index (χ0) is 25.1. The number of unbranched alkanes of at least 4 members (excludes halogenated alkanes) is 1. The highest BCUT2D eigenvalue weighted by molar-refractivity contribution is 5.88. The van der Waals surface area contributed by atoms with Gasteiger partial charge in [0.1, 0.15) is 11.3 Å². The summed E-state index contributed by atoms with van der Waals surface area (Å²) < 4.78 is 15.3. The molecule has 4 N–H and O–H groups in total. The first-order valence-corrected chi connectivity index (χ1v) is 12.9. The summed E-state index contributed by atoms with van der Waals surface area (Å²) in [6.07, 6.45) is 12.6. The fourth-order valence-electron chi connectivity index (χ4n) is 4.51. The number of halogens is 1. The molecule has 4 rings (SSSR count). The molecule has 2 unspecified atom stereocenters. The minimum Gasteiger partial charge on any atom is -0.367 e. The third-order valence-corrected chi connectivity index (χ3v) is 7.06. The van der Waals surface area contributed by atoms with Crippen LogP contribution in [0.1, 0.15) is 89.4 Å². The van der Waals surface area contributed by atoms with E-state index in [2.05, 4.69) is 33.7 Å². The van der Waals surface area contributed by atoms with Crippen LogP contribution in [0.5, 0.6) is 0 Å². The Morgan fingerprint density at radius 2 is 1.97 bits per heavy atom. The van der Waals surface area contributed by atoms with Crippen LogP contribution in [0.25, 0.3) is 16.7 Å². The van der Waals surface area contributed by atoms with Gasteiger partial charge in [0.05, 0.1) is 29.4 Å². The van der Waals surface area contributed by atoms with Gasteiger partial charge in [-0.3, -0.25) is 5.10 Å². The van der Waals surface area contributed by atoms with Crippen molar-refractivity contribution in [3.63, 3.8) is 0 Å². The number of aromatic amines is 1. The first-order valence-electron chi connectivity index (χ1n) is 12.9. The Morgan fingerprint density at radius 1 is 1.23 bits per heavy atom. The van der Waals surface area contributed by atoms with Crippen molar-refractivity contribution in [1.82, 2.24) is 25.5 Å². The Kier molecular flexibility index (Phi) is 7.85. The second kappa shape index (κ2) is 10.9. The Bertz CT molecular complexity index is 1150. The number of hydrogen-bond acceptors (Lipinski definition) is 5. The smallest absolute Gasteiger partial charge is 0.200 e. The summed E-state index contributed by atoms with van der Waals surface area (Å²) in [5.74, 6) is 1.11. The summed E-state index contributed by atoms with van der Waals surface area (Å²) in [4.78, 5) is 9.20. The van der Waals surface area contributed by atoms with Crippen LogP contribution in [0.2, 0.25) is 0 Å². The first kappa shape index (κ1) is 25.3. The predicted molar refractivity (Wildman–Crippen MR) is 141 cm³/mol. The topological polar surface area (TPSA) is 92.5 Å². The molecule has 2 saturated carbocycles. The van der Waals surface area contributed by atoms with Crippen LogP contribution in [-0.4, -0.2) is 26.3 Å². The highest BCUT2D eigenvalue weighted by Gasteiger charge is 2.27. The minimum absolute atomic E-state index is 0.0516. The molecule has 0 bridgehead atoms. The van der Waals surface area contributed by atoms with Gasteiger partial charge in [0.25, 0.3) is 0 Å². The van der Waals surface area contributed by atoms with Gasteiger partial charge in [-0.1, -0.05) is 50.8 Å². The summed E-state index contributed by atoms with van der Waals surface area (Å²) in [5, 5.41) is 10.5. The fourth-order valence-corrected chi connectivity index (χ4v) is 4.51. The number of aromatic nitrogens is 4. The molecule has 2 aromatic rings. The van der Waals surface area contributed by atoms with Crippen molar-refractivity contribution in [3.8, 4) is 0 Å². The second-order valence-electron chi connectivity index (χ2n) is 10.6. The Morgan fingerprint density at radius 3 is 2.60 bits per heavy atom. The maximum atomic E-state index is 15.3. The summed E-state index contributed by atoms with van der Waals surface area (Å²) in [5.41, 5.74) is 11.8. The van der Waals surface area contributed by atoms with Gasteiger partial charge in [0.15, 0.2) is 5.65 Å². The van der Waals surface area contributed by atoms with Crippen LogP contribution >= 0.6 is 0 Å². The molecule has 2 aromatic heterocycles. The van der Waals surface area contributed by atoms with Crippen molar-refractivity contribution >= 4 is 16.7 Å². The lowest BCUT2D eigenvalue weighted by Gasteiger charge is -2.27. The van der Waals surface area contributed by atoms with Crippen molar-refractivity contribution in [1.29, 1.82) is 0 Å². The maximum Gasteiger partial charge on any atom is 0.200 e. The molecule has 188 valence electrons. The van der Waals surface area contributed by atoms with Gasteiger partial charge in [0.2, 0.25) is 0 Å². The van der Waals surface area contributed by atoms with Crippen LogP contribution in [0.3, 0.4) is 0 Å². The SMILES string of the molecule is C=C(/C=C(/NC(N)C(CCCCC1CC1)C(=C)C)C(F)=C(C)C)c1[nH]nc2ncc(C3CC3)nc12. The molecule has 2 aliphatic carbocycles. The summed E-state index contributed by atoms with van der Waals surface area (Å²) in [6, 6.07) is 0. The molecule has 0 amide bonds. The molecule has 2 aliphatic rings. The van der Waals surface area contributed by atoms with Crippen LogP contribution in [0, 0.1) is 11.8 Å². The van der Waals surface area contributed by atoms with Gasteiger partial charge in [0, 0.05) is 11.8 Å². The van der Waals surface area contributed by atoms with Crippen molar-refractivity contribution in [2.75, 3.05) is 0 Å². The van der Waals surface area contributed by atoms with Gasteiger partial charge in [-0.25, -0.2) is 14.4 Å². The average molecular weight is 479 g/mol. The van der Waals surface area contributed by atoms with Crippen molar-refractivity contribution < 1.29 is 4.39 Å². The predicted octanol–water partition coefficient (Wildman–Crippen LogP) is 6.43. The molecule has 0 radical (unpaired) electrons. The molecule has 0 aliphatic heterocycles. The standard InChI is InChI=1S/C28H39FN6/c1-16(2)21(9-7-6-8-19-10-11-19)27(30)33-22(24(29)17(3)4)14-18(5)25-26-28(35-34-25)31-15-23(32-26)20-12-13-20/h14-15,19-21,27,33H,1,5-13,30H2,2-4H3,(H,31,34,35)/b22-14+. The molecule has 0 aromatic carbocycles. The molecule has 0 saturated heterocycles. The molecule has 2 atom stereocenters. The van der Waals surface area contributed by atoms with Crippen LogP contribution in [0.4, 0.5) is 4.39 Å². The molecule has 35 heavy (non-hydrogen) atoms. The first-order chi connectivity index (χ1) is 16.7. The summed E-state index contributed by atoms with van der Waals surface area (Å²) in [7, 11) is 0. The summed E-state index contributed by atoms with van der Waals surface area (Å²) >= 11 is 0. The van der Waals surface area contributed by atoms with Crippen LogP contribution in [-0.2, 0) is 0 Å². The lowest BCUT2D eigenvalue weighted by Crippen LogP contribution is -2.44. The van der Waals surface area contributed by atoms with Gasteiger partial charge >= 0.3 is 0 Å². The maximum absolute atomic E-state index is 15.3. The third-order valence-electron chi connectivity index (χ3n) is 7.06. The number of allylic oxidation sites excluding steroid dienone is 4. The largest absolute Gasteiger partial charge is 0.367 e. The third kappa shape index (κ3) is 6.45. The van der Waals surface area contributed by atoms with Gasteiger partial charge in [-0.05, 0) is 63.2 Å². The number of nitrogens with two attached hydrogens (primary N) is 1. The van der Waals surface area contributed by atoms with Crippen molar-refractivity contribution in [2.24, 2.45) is 17.6 Å². The van der Waals surface area contributed by atoms with E-state index in [0.717, 1.165) is 42.9 Å². The minimum atomic E-state index is -0.461. The van der Waals surface area contributed by atoms with E-state index in [9.17, 15) is 0 Å². The number of nitrogens with one attached hydrogen (secondary N) is 2. The van der Waals surface area contributed by atoms with E-state index >= 15 is 4.39 Å². The average Bonchev–Trinajstić information content (AvgIpc) is 3.75. The zero-order valence-corrected chi connectivity index (χ0v) is 21.3. The second-order valence-corrected chi connectivity index (χ2v) is 10.6. The monoisotopic (exact) mass is 478 g/mol. The van der Waals surface area contributed by atoms with E-state index < -0.39 is 6.17 Å². The molecule has 0 spiro atoms. The Balaban J connectivity index is 1.53. The van der Waals surface area contributed by atoms with E-state index in [1.165, 1.54) is 25.7 Å². The molecular weight excluding hydrogens is 439 g/mol. The molecule has 6 nitrogen and oxygen atoms in total. The van der Waals surface area contributed by atoms with Crippen LogP contribution < -0.4 is 11.1 Å². The molecule has 7 heteroatoms. The lowest BCUT2D eigenvalue weighted by atomic mass is 9.91. The highest BCUT2D eigenvalue weighted by Crippen LogP contribution is 2.39. The lowest BCUT2D eigenvalue weighted by molar-refractivity contribution is 0.388. The van der Waals surface area contributed by atoms with E-state index in [1.54, 1.807) is 26.1 Å². The van der Waals surface area contributed by atoms with Crippen molar-refractivity contribution in [3.05, 3.63) is 59.5 Å². The van der Waals surface area contributed by atoms with Crippen molar-refractivity contribution in [2.45, 2.75) is 84.2 Å². The molecular formula is C28H39FN6. The van der Waals surface area contributed by atoms with E-state index in [4.69, 9.17) is 10.7 Å². The summed E-state index contributed by atoms with van der Waals surface area (Å²) in [6.45, 7) is 13.8. The normalized spacial score (nSPS) is 17.8. The number of hydrogen-bond donors (Lipinski definition) is 3. The molecule has 2 heterocycles. The Hall–Kier alpha value is -2.80. The van der Waals surface area contributed by atoms with Crippen LogP contribution in [0.15, 0.2) is 48.1 Å². The number of fused-ring (bicyclic) bond motifs is 1. The number of H-pyrrole nitrogens is 1. The van der Waals surface area contributed by atoms with Gasteiger partial charge in [-0.2, -0.15) is 5.10 Å². The van der Waals surface area contributed by atoms with Gasteiger partial charge < -0.3 is 11.1 Å². The van der Waals surface area contributed by atoms with E-state index in [-0.39, 0.29) is 11.7 Å². The van der Waals surface area contributed by atoms with E-state index in [1.807, 2.05) is 6.92 Å². The quantitative estimate of drug-likeness (QED) is 0.134. The number of rotatable bonds is 13. The molecule has 2 fully saturated rings. The van der Waals surface area contributed by atoms with Gasteiger partial charge in [-0.15, -0.1) is 0 Å². The Labute approximate surface area is 208 Å². The van der Waals surface area contributed by atoms with E-state index in [0.29, 0.717) is 39.6 Å². The zero-order valence-electron chi connectivity index (χ0n) is 21.3. The highest BCUT2D eigenvalue weighted by atomic mass is 19.1.